The van der Waals surface area contributed by atoms with Crippen molar-refractivity contribution in [3.63, 3.8) is 0 Å². The Morgan fingerprint density at radius 2 is 1.86 bits per heavy atom. The first kappa shape index (κ1) is 12.7. The molecule has 1 rings (SSSR count). The quantitative estimate of drug-likeness (QED) is 0.808. The van der Waals surface area contributed by atoms with E-state index >= 15 is 0 Å². The van der Waals surface area contributed by atoms with Crippen molar-refractivity contribution in [3.05, 3.63) is 0 Å². The molecule has 0 bridgehead atoms. The van der Waals surface area contributed by atoms with Gasteiger partial charge in [-0.15, -0.1) is 0 Å². The molecule has 1 heterocycles. The van der Waals surface area contributed by atoms with Crippen molar-refractivity contribution in [1.29, 1.82) is 0 Å². The highest BCUT2D eigenvalue weighted by Gasteiger charge is 2.27. The predicted octanol–water partition coefficient (Wildman–Crippen LogP) is 2.99. The smallest absolute Gasteiger partial charge is 0.0315 e. The van der Waals surface area contributed by atoms with Crippen molar-refractivity contribution in [1.82, 2.24) is 0 Å². The molecule has 0 radical (unpaired) electrons. The molecular weight excluding hydrogens is 210 g/mol. The first-order chi connectivity index (χ1) is 6.61. The van der Waals surface area contributed by atoms with Crippen LogP contribution in [0.25, 0.3) is 0 Å². The Bertz CT molecular complexity index is 161. The molecule has 84 valence electrons. The van der Waals surface area contributed by atoms with E-state index < -0.39 is 0 Å². The van der Waals surface area contributed by atoms with Crippen LogP contribution in [0.3, 0.4) is 0 Å². The molecule has 0 aromatic carbocycles. The first-order valence-electron chi connectivity index (χ1n) is 5.60. The molecular formula is C11H23NS2. The van der Waals surface area contributed by atoms with Gasteiger partial charge in [0, 0.05) is 28.0 Å². The van der Waals surface area contributed by atoms with Crippen LogP contribution in [0.4, 0.5) is 0 Å². The standard InChI is InChI=1S/C11H23NS2/c1-8(2)4-5-10(12)11-9(3)13-6-7-14-11/h8-11H,4-7,12H2,1-3H3. The fourth-order valence-electron chi connectivity index (χ4n) is 1.81. The van der Waals surface area contributed by atoms with Crippen LogP contribution >= 0.6 is 23.5 Å². The van der Waals surface area contributed by atoms with Gasteiger partial charge in [0.25, 0.3) is 0 Å². The molecule has 0 aromatic heterocycles. The van der Waals surface area contributed by atoms with Crippen LogP contribution in [-0.4, -0.2) is 28.0 Å². The van der Waals surface area contributed by atoms with Crippen LogP contribution in [0, 0.1) is 5.92 Å². The van der Waals surface area contributed by atoms with Crippen LogP contribution < -0.4 is 5.73 Å². The summed E-state index contributed by atoms with van der Waals surface area (Å²) in [5.41, 5.74) is 6.25. The second kappa shape index (κ2) is 6.29. The van der Waals surface area contributed by atoms with Crippen molar-refractivity contribution >= 4 is 23.5 Å². The zero-order valence-corrected chi connectivity index (χ0v) is 11.2. The normalized spacial score (nSPS) is 30.6. The van der Waals surface area contributed by atoms with Gasteiger partial charge in [-0.3, -0.25) is 0 Å². The maximum atomic E-state index is 6.25. The summed E-state index contributed by atoms with van der Waals surface area (Å²) in [4.78, 5) is 0. The Labute approximate surface area is 97.0 Å². The fraction of sp³-hybridized carbons (Fsp3) is 1.00. The maximum Gasteiger partial charge on any atom is 0.0315 e. The van der Waals surface area contributed by atoms with Gasteiger partial charge in [0.05, 0.1) is 0 Å². The number of rotatable bonds is 4. The summed E-state index contributed by atoms with van der Waals surface area (Å²) in [5, 5.41) is 1.43. The molecule has 2 N–H and O–H groups in total. The van der Waals surface area contributed by atoms with E-state index in [1.54, 1.807) is 0 Å². The summed E-state index contributed by atoms with van der Waals surface area (Å²) < 4.78 is 0. The lowest BCUT2D eigenvalue weighted by atomic mass is 10.0. The van der Waals surface area contributed by atoms with E-state index in [1.165, 1.54) is 24.3 Å². The third-order valence-corrected chi connectivity index (χ3v) is 6.01. The highest BCUT2D eigenvalue weighted by atomic mass is 32.2. The second-order valence-corrected chi connectivity index (χ2v) is 7.32. The lowest BCUT2D eigenvalue weighted by Crippen LogP contribution is -2.40. The van der Waals surface area contributed by atoms with E-state index in [0.29, 0.717) is 11.3 Å². The van der Waals surface area contributed by atoms with Crippen LogP contribution in [-0.2, 0) is 0 Å². The van der Waals surface area contributed by atoms with Crippen molar-refractivity contribution < 1.29 is 0 Å². The Kier molecular flexibility index (Phi) is 5.72. The Hall–Kier alpha value is 0.660. The van der Waals surface area contributed by atoms with Crippen molar-refractivity contribution in [2.24, 2.45) is 11.7 Å². The summed E-state index contributed by atoms with van der Waals surface area (Å²) in [6.45, 7) is 6.88. The average Bonchev–Trinajstić information content (AvgIpc) is 2.15. The molecule has 0 amide bonds. The summed E-state index contributed by atoms with van der Waals surface area (Å²) in [7, 11) is 0. The van der Waals surface area contributed by atoms with E-state index in [1.807, 2.05) is 0 Å². The number of thioether (sulfide) groups is 2. The average molecular weight is 233 g/mol. The zero-order chi connectivity index (χ0) is 10.6. The third-order valence-electron chi connectivity index (χ3n) is 2.74. The van der Waals surface area contributed by atoms with Gasteiger partial charge in [-0.25, -0.2) is 0 Å². The molecule has 3 atom stereocenters. The monoisotopic (exact) mass is 233 g/mol. The van der Waals surface area contributed by atoms with Gasteiger partial charge >= 0.3 is 0 Å². The SMILES string of the molecule is CC(C)CCC(N)C1SCCSC1C. The van der Waals surface area contributed by atoms with Crippen LogP contribution in [0.15, 0.2) is 0 Å². The molecule has 3 unspecified atom stereocenters. The molecule has 3 heteroatoms. The molecule has 1 fully saturated rings. The van der Waals surface area contributed by atoms with Crippen LogP contribution in [0.1, 0.15) is 33.6 Å². The van der Waals surface area contributed by atoms with Gasteiger partial charge < -0.3 is 5.73 Å². The van der Waals surface area contributed by atoms with Crippen LogP contribution in [0.5, 0.6) is 0 Å². The molecule has 0 aromatic rings. The van der Waals surface area contributed by atoms with E-state index in [4.69, 9.17) is 5.73 Å². The molecule has 14 heavy (non-hydrogen) atoms. The van der Waals surface area contributed by atoms with Crippen molar-refractivity contribution in [2.75, 3.05) is 11.5 Å². The van der Waals surface area contributed by atoms with Crippen molar-refractivity contribution in [2.45, 2.75) is 50.2 Å². The Morgan fingerprint density at radius 3 is 2.43 bits per heavy atom. The molecule has 0 saturated carbocycles. The molecule has 1 nitrogen and oxygen atoms in total. The number of hydrogen-bond acceptors (Lipinski definition) is 3. The fourth-order valence-corrected chi connectivity index (χ4v) is 4.74. The Balaban J connectivity index is 2.30. The van der Waals surface area contributed by atoms with Gasteiger partial charge in [-0.2, -0.15) is 23.5 Å². The minimum Gasteiger partial charge on any atom is -0.327 e. The minimum absolute atomic E-state index is 0.408. The highest BCUT2D eigenvalue weighted by Crippen LogP contribution is 2.33. The lowest BCUT2D eigenvalue weighted by molar-refractivity contribution is 0.484. The lowest BCUT2D eigenvalue weighted by Gasteiger charge is -2.32. The molecule has 1 aliphatic rings. The molecule has 1 saturated heterocycles. The summed E-state index contributed by atoms with van der Waals surface area (Å²) in [6, 6.07) is 0.408. The van der Waals surface area contributed by atoms with E-state index in [0.717, 1.165) is 11.2 Å². The summed E-state index contributed by atoms with van der Waals surface area (Å²) in [5.74, 6) is 3.38. The van der Waals surface area contributed by atoms with E-state index in [9.17, 15) is 0 Å². The number of hydrogen-bond donors (Lipinski definition) is 1. The first-order valence-corrected chi connectivity index (χ1v) is 7.69. The largest absolute Gasteiger partial charge is 0.327 e. The van der Waals surface area contributed by atoms with Crippen molar-refractivity contribution in [3.8, 4) is 0 Å². The molecule has 0 spiro atoms. The molecule has 0 aliphatic carbocycles. The third kappa shape index (κ3) is 4.03. The van der Waals surface area contributed by atoms with Gasteiger partial charge in [0.1, 0.15) is 0 Å². The van der Waals surface area contributed by atoms with E-state index in [-0.39, 0.29) is 0 Å². The topological polar surface area (TPSA) is 26.0 Å². The predicted molar refractivity (Wildman–Crippen MR) is 70.2 cm³/mol. The summed E-state index contributed by atoms with van der Waals surface area (Å²) in [6.07, 6.45) is 2.47. The number of nitrogens with two attached hydrogens (primary N) is 1. The second-order valence-electron chi connectivity index (χ2n) is 4.55. The minimum atomic E-state index is 0.408. The maximum absolute atomic E-state index is 6.25. The highest BCUT2D eigenvalue weighted by molar-refractivity contribution is 8.07. The Morgan fingerprint density at radius 1 is 1.21 bits per heavy atom. The molecule has 1 aliphatic heterocycles. The summed E-state index contributed by atoms with van der Waals surface area (Å²) >= 11 is 4.17. The zero-order valence-electron chi connectivity index (χ0n) is 9.53. The van der Waals surface area contributed by atoms with Gasteiger partial charge in [0.2, 0.25) is 0 Å². The van der Waals surface area contributed by atoms with Gasteiger partial charge in [0.15, 0.2) is 0 Å². The van der Waals surface area contributed by atoms with Gasteiger partial charge in [-0.05, 0) is 18.8 Å². The van der Waals surface area contributed by atoms with Crippen LogP contribution in [0.2, 0.25) is 0 Å². The van der Waals surface area contributed by atoms with Gasteiger partial charge in [-0.1, -0.05) is 20.8 Å². The van der Waals surface area contributed by atoms with E-state index in [2.05, 4.69) is 44.3 Å².